The van der Waals surface area contributed by atoms with Crippen molar-refractivity contribution < 1.29 is 0 Å². The molecule has 0 fully saturated rings. The van der Waals surface area contributed by atoms with E-state index >= 15 is 0 Å². The molecule has 120 valence electrons. The monoisotopic (exact) mass is 307 g/mol. The van der Waals surface area contributed by atoms with E-state index in [1.165, 1.54) is 11.1 Å². The van der Waals surface area contributed by atoms with E-state index in [0.29, 0.717) is 0 Å². The SMILES string of the molecule is Cc1cccnc1C=CCCNCCC=Cc1ncccc1C. The van der Waals surface area contributed by atoms with Gasteiger partial charge in [-0.15, -0.1) is 0 Å². The molecule has 2 rings (SSSR count). The van der Waals surface area contributed by atoms with Crippen LogP contribution in [0.5, 0.6) is 0 Å². The summed E-state index contributed by atoms with van der Waals surface area (Å²) in [4.78, 5) is 8.70. The molecule has 2 heterocycles. The summed E-state index contributed by atoms with van der Waals surface area (Å²) in [5.41, 5.74) is 4.54. The maximum atomic E-state index is 4.35. The largest absolute Gasteiger partial charge is 0.316 e. The standard InChI is InChI=1S/C20H25N3/c1-17-9-7-15-22-19(17)11-3-5-13-21-14-6-4-12-20-18(2)10-8-16-23-20/h3-4,7-12,15-16,21H,5-6,13-14H2,1-2H3. The third kappa shape index (κ3) is 6.17. The molecule has 0 aliphatic rings. The Morgan fingerprint density at radius 3 is 1.74 bits per heavy atom. The van der Waals surface area contributed by atoms with E-state index in [9.17, 15) is 0 Å². The average molecular weight is 307 g/mol. The van der Waals surface area contributed by atoms with Crippen LogP contribution in [0.25, 0.3) is 12.2 Å². The Morgan fingerprint density at radius 2 is 1.30 bits per heavy atom. The van der Waals surface area contributed by atoms with Crippen molar-refractivity contribution in [3.63, 3.8) is 0 Å². The fourth-order valence-corrected chi connectivity index (χ4v) is 2.23. The zero-order valence-corrected chi connectivity index (χ0v) is 14.0. The molecule has 3 nitrogen and oxygen atoms in total. The van der Waals surface area contributed by atoms with Gasteiger partial charge in [-0.3, -0.25) is 9.97 Å². The molecular weight excluding hydrogens is 282 g/mol. The van der Waals surface area contributed by atoms with Crippen LogP contribution in [0.15, 0.2) is 48.8 Å². The summed E-state index contributed by atoms with van der Waals surface area (Å²) in [7, 11) is 0. The van der Waals surface area contributed by atoms with Crippen molar-refractivity contribution in [2.45, 2.75) is 26.7 Å². The summed E-state index contributed by atoms with van der Waals surface area (Å²) in [5.74, 6) is 0. The third-order valence-corrected chi connectivity index (χ3v) is 3.63. The molecule has 23 heavy (non-hydrogen) atoms. The van der Waals surface area contributed by atoms with Gasteiger partial charge in [0.15, 0.2) is 0 Å². The Bertz CT molecular complexity index is 602. The lowest BCUT2D eigenvalue weighted by Crippen LogP contribution is -2.15. The molecule has 0 atom stereocenters. The second kappa shape index (κ2) is 9.70. The molecule has 0 aliphatic carbocycles. The molecule has 0 aliphatic heterocycles. The van der Waals surface area contributed by atoms with E-state index in [1.54, 1.807) is 0 Å². The summed E-state index contributed by atoms with van der Waals surface area (Å²) in [6.07, 6.45) is 14.2. The molecule has 0 radical (unpaired) electrons. The van der Waals surface area contributed by atoms with E-state index < -0.39 is 0 Å². The van der Waals surface area contributed by atoms with Gasteiger partial charge in [0.25, 0.3) is 0 Å². The van der Waals surface area contributed by atoms with E-state index in [0.717, 1.165) is 37.3 Å². The van der Waals surface area contributed by atoms with E-state index in [-0.39, 0.29) is 0 Å². The van der Waals surface area contributed by atoms with Crippen LogP contribution < -0.4 is 5.32 Å². The minimum atomic E-state index is 0.985. The van der Waals surface area contributed by atoms with Crippen molar-refractivity contribution in [1.82, 2.24) is 15.3 Å². The van der Waals surface area contributed by atoms with Gasteiger partial charge in [0, 0.05) is 12.4 Å². The summed E-state index contributed by atoms with van der Waals surface area (Å²) < 4.78 is 0. The van der Waals surface area contributed by atoms with E-state index in [1.807, 2.05) is 24.5 Å². The number of aryl methyl sites for hydroxylation is 2. The molecule has 0 saturated carbocycles. The van der Waals surface area contributed by atoms with Crippen molar-refractivity contribution in [2.24, 2.45) is 0 Å². The van der Waals surface area contributed by atoms with Crippen molar-refractivity contribution in [1.29, 1.82) is 0 Å². The quantitative estimate of drug-likeness (QED) is 0.743. The summed E-state index contributed by atoms with van der Waals surface area (Å²) >= 11 is 0. The molecule has 3 heteroatoms. The molecule has 0 spiro atoms. The number of hydrogen-bond acceptors (Lipinski definition) is 3. The van der Waals surface area contributed by atoms with Gasteiger partial charge in [0.2, 0.25) is 0 Å². The lowest BCUT2D eigenvalue weighted by molar-refractivity contribution is 0.698. The highest BCUT2D eigenvalue weighted by atomic mass is 14.8. The molecule has 0 saturated heterocycles. The van der Waals surface area contributed by atoms with Crippen LogP contribution in [0.3, 0.4) is 0 Å². The molecular formula is C20H25N3. The summed E-state index contributed by atoms with van der Waals surface area (Å²) in [6, 6.07) is 8.10. The first-order valence-electron chi connectivity index (χ1n) is 8.14. The first-order valence-corrected chi connectivity index (χ1v) is 8.14. The van der Waals surface area contributed by atoms with E-state index in [4.69, 9.17) is 0 Å². The second-order valence-electron chi connectivity index (χ2n) is 5.54. The minimum Gasteiger partial charge on any atom is -0.316 e. The second-order valence-corrected chi connectivity index (χ2v) is 5.54. The van der Waals surface area contributed by atoms with Crippen molar-refractivity contribution in [3.8, 4) is 0 Å². The van der Waals surface area contributed by atoms with Gasteiger partial charge in [-0.2, -0.15) is 0 Å². The molecule has 0 unspecified atom stereocenters. The van der Waals surface area contributed by atoms with Gasteiger partial charge >= 0.3 is 0 Å². The summed E-state index contributed by atoms with van der Waals surface area (Å²) in [5, 5.41) is 3.44. The molecule has 2 aromatic heterocycles. The highest BCUT2D eigenvalue weighted by Crippen LogP contribution is 2.06. The Balaban J connectivity index is 1.60. The highest BCUT2D eigenvalue weighted by molar-refractivity contribution is 5.49. The van der Waals surface area contributed by atoms with Gasteiger partial charge in [0.1, 0.15) is 0 Å². The third-order valence-electron chi connectivity index (χ3n) is 3.63. The number of aromatic nitrogens is 2. The predicted octanol–water partition coefficient (Wildman–Crippen LogP) is 4.19. The zero-order valence-electron chi connectivity index (χ0n) is 14.0. The van der Waals surface area contributed by atoms with Crippen LogP contribution in [-0.2, 0) is 0 Å². The maximum absolute atomic E-state index is 4.35. The number of nitrogens with zero attached hydrogens (tertiary/aromatic N) is 2. The Kier molecular flexibility index (Phi) is 7.21. The Hall–Kier alpha value is -2.26. The van der Waals surface area contributed by atoms with Crippen molar-refractivity contribution in [3.05, 3.63) is 71.3 Å². The molecule has 0 bridgehead atoms. The van der Waals surface area contributed by atoms with Gasteiger partial charge < -0.3 is 5.32 Å². The van der Waals surface area contributed by atoms with Gasteiger partial charge in [-0.05, 0) is 75.2 Å². The average Bonchev–Trinajstić information content (AvgIpc) is 2.56. The van der Waals surface area contributed by atoms with Gasteiger partial charge in [-0.25, -0.2) is 0 Å². The van der Waals surface area contributed by atoms with E-state index in [2.05, 4.69) is 65.6 Å². The van der Waals surface area contributed by atoms with Crippen LogP contribution in [0.2, 0.25) is 0 Å². The van der Waals surface area contributed by atoms with Crippen LogP contribution in [0, 0.1) is 13.8 Å². The van der Waals surface area contributed by atoms with Gasteiger partial charge in [-0.1, -0.05) is 24.3 Å². The zero-order chi connectivity index (χ0) is 16.3. The predicted molar refractivity (Wildman–Crippen MR) is 98.1 cm³/mol. The number of nitrogens with one attached hydrogen (secondary N) is 1. The van der Waals surface area contributed by atoms with Crippen molar-refractivity contribution in [2.75, 3.05) is 13.1 Å². The maximum Gasteiger partial charge on any atom is 0.0655 e. The smallest absolute Gasteiger partial charge is 0.0655 e. The lowest BCUT2D eigenvalue weighted by Gasteiger charge is -2.01. The topological polar surface area (TPSA) is 37.8 Å². The van der Waals surface area contributed by atoms with Crippen molar-refractivity contribution >= 4 is 12.2 Å². The number of hydrogen-bond donors (Lipinski definition) is 1. The number of rotatable bonds is 8. The van der Waals surface area contributed by atoms with Crippen LogP contribution in [0.4, 0.5) is 0 Å². The number of pyridine rings is 2. The fraction of sp³-hybridized carbons (Fsp3) is 0.300. The van der Waals surface area contributed by atoms with Crippen LogP contribution in [-0.4, -0.2) is 23.1 Å². The van der Waals surface area contributed by atoms with Crippen LogP contribution >= 0.6 is 0 Å². The van der Waals surface area contributed by atoms with Crippen LogP contribution in [0.1, 0.15) is 35.4 Å². The molecule has 0 amide bonds. The normalized spacial score (nSPS) is 11.6. The van der Waals surface area contributed by atoms with Gasteiger partial charge in [0.05, 0.1) is 11.4 Å². The molecule has 0 aromatic carbocycles. The first kappa shape index (κ1) is 17.1. The molecule has 1 N–H and O–H groups in total. The Labute approximate surface area is 139 Å². The molecule has 2 aromatic rings. The first-order chi connectivity index (χ1) is 11.3. The summed E-state index contributed by atoms with van der Waals surface area (Å²) in [6.45, 7) is 6.14. The minimum absolute atomic E-state index is 0.985. The lowest BCUT2D eigenvalue weighted by atomic mass is 10.2. The Morgan fingerprint density at radius 1 is 0.826 bits per heavy atom. The fourth-order valence-electron chi connectivity index (χ4n) is 2.23. The highest BCUT2D eigenvalue weighted by Gasteiger charge is 1.93.